The molecule has 0 aliphatic carbocycles. The molecule has 0 bridgehead atoms. The van der Waals surface area contributed by atoms with Crippen molar-refractivity contribution in [2.45, 2.75) is 0 Å². The van der Waals surface area contributed by atoms with Gasteiger partial charge < -0.3 is 8.83 Å². The summed E-state index contributed by atoms with van der Waals surface area (Å²) in [5.74, 6) is 0. The second-order valence-corrected chi connectivity index (χ2v) is 10.3. The molecule has 0 aliphatic rings. The number of hydrogen-bond donors (Lipinski definition) is 0. The fourth-order valence-electron chi connectivity index (χ4n) is 6.16. The van der Waals surface area contributed by atoms with Gasteiger partial charge in [-0.15, -0.1) is 0 Å². The van der Waals surface area contributed by atoms with Crippen LogP contribution in [0.2, 0.25) is 0 Å². The first-order valence-corrected chi connectivity index (χ1v) is 13.6. The summed E-state index contributed by atoms with van der Waals surface area (Å²) in [6, 6.07) is 25.2. The molecule has 0 saturated carbocycles. The van der Waals surface area contributed by atoms with E-state index in [1.807, 2.05) is 66.7 Å². The van der Waals surface area contributed by atoms with Crippen molar-refractivity contribution >= 4 is 54.5 Å². The minimum absolute atomic E-state index is 0.182. The molecule has 0 N–H and O–H groups in total. The highest BCUT2D eigenvalue weighted by molar-refractivity contribution is 6.22. The molecule has 0 atom stereocenters. The largest absolute Gasteiger partial charge is 0.464 e. The van der Waals surface area contributed by atoms with Crippen LogP contribution in [0.4, 0.5) is 0 Å². The number of para-hydroxylation sites is 1. The third-order valence-electron chi connectivity index (χ3n) is 8.00. The zero-order valence-corrected chi connectivity index (χ0v) is 22.1. The number of furan rings is 2. The van der Waals surface area contributed by atoms with E-state index in [9.17, 15) is 0 Å². The molecular formula is C40H24O2. The average molecular weight is 545 g/mol. The van der Waals surface area contributed by atoms with Gasteiger partial charge in [0.2, 0.25) is 0 Å². The van der Waals surface area contributed by atoms with Crippen molar-refractivity contribution in [1.82, 2.24) is 0 Å². The lowest BCUT2D eigenvalue weighted by Crippen LogP contribution is -1.90. The van der Waals surface area contributed by atoms with Crippen molar-refractivity contribution in [2.24, 2.45) is 0 Å². The molecule has 42 heavy (non-hydrogen) atoms. The Morgan fingerprint density at radius 3 is 1.76 bits per heavy atom. The Kier molecular flexibility index (Phi) is 3.54. The molecule has 196 valence electrons. The standard InChI is InChI=1S/C40H24O2/c1-2-9-26(10-3-1)36-30-11-4-6-13-32(30)37(33-14-7-5-12-31(33)36)27-19-17-25(18-20-27)29-15-8-16-34-38-35(42-40(29)34)22-21-28-23-24-41-39(28)38/h1-24H/i4D,5D,6D,7D,11D,12D,13D,14D. The van der Waals surface area contributed by atoms with E-state index in [0.29, 0.717) is 33.4 Å². The topological polar surface area (TPSA) is 26.3 Å². The van der Waals surface area contributed by atoms with Crippen LogP contribution < -0.4 is 0 Å². The van der Waals surface area contributed by atoms with E-state index < -0.39 is 24.2 Å². The second-order valence-electron chi connectivity index (χ2n) is 10.3. The van der Waals surface area contributed by atoms with Gasteiger partial charge in [0, 0.05) is 16.3 Å². The molecule has 2 heterocycles. The summed E-state index contributed by atoms with van der Waals surface area (Å²) in [5, 5.41) is 3.51. The van der Waals surface area contributed by atoms with Crippen molar-refractivity contribution in [1.29, 1.82) is 0 Å². The first-order valence-electron chi connectivity index (χ1n) is 17.6. The molecule has 2 nitrogen and oxygen atoms in total. The monoisotopic (exact) mass is 544 g/mol. The Labute approximate surface area is 253 Å². The normalized spacial score (nSPS) is 14.5. The Morgan fingerprint density at radius 1 is 0.476 bits per heavy atom. The SMILES string of the molecule is [2H]c1c([2H])c([2H])c2c(-c3ccc(-c4cccc5c4oc4ccc6ccoc6c45)cc3)c3c([2H])c([2H])c([2H])c([2H])c3c(-c3ccccc3)c2c1[2H]. The Morgan fingerprint density at radius 2 is 1.10 bits per heavy atom. The molecule has 0 amide bonds. The van der Waals surface area contributed by atoms with Gasteiger partial charge in [0.05, 0.1) is 22.6 Å². The Balaban J connectivity index is 1.37. The van der Waals surface area contributed by atoms with E-state index >= 15 is 0 Å². The zero-order valence-electron chi connectivity index (χ0n) is 30.1. The van der Waals surface area contributed by atoms with E-state index in [1.54, 1.807) is 30.5 Å². The van der Waals surface area contributed by atoms with E-state index in [-0.39, 0.29) is 45.7 Å². The van der Waals surface area contributed by atoms with Crippen LogP contribution in [0.25, 0.3) is 87.8 Å². The van der Waals surface area contributed by atoms with E-state index in [1.165, 1.54) is 0 Å². The van der Waals surface area contributed by atoms with Crippen LogP contribution >= 0.6 is 0 Å². The molecule has 9 rings (SSSR count). The average Bonchev–Trinajstić information content (AvgIpc) is 3.78. The molecule has 9 aromatic rings. The van der Waals surface area contributed by atoms with Crippen LogP contribution in [-0.2, 0) is 0 Å². The zero-order chi connectivity index (χ0) is 34.6. The van der Waals surface area contributed by atoms with Crippen molar-refractivity contribution in [3.63, 3.8) is 0 Å². The summed E-state index contributed by atoms with van der Waals surface area (Å²) in [4.78, 5) is 0. The van der Waals surface area contributed by atoms with E-state index in [0.717, 1.165) is 32.9 Å². The smallest absolute Gasteiger partial charge is 0.145 e. The van der Waals surface area contributed by atoms with Crippen LogP contribution in [-0.4, -0.2) is 0 Å². The molecular weight excluding hydrogens is 512 g/mol. The van der Waals surface area contributed by atoms with Crippen LogP contribution in [0.1, 0.15) is 11.0 Å². The maximum absolute atomic E-state index is 9.13. The lowest BCUT2D eigenvalue weighted by atomic mass is 9.85. The fraction of sp³-hybridized carbons (Fsp3) is 0. The van der Waals surface area contributed by atoms with Crippen molar-refractivity contribution in [3.05, 3.63) is 146 Å². The quantitative estimate of drug-likeness (QED) is 0.207. The highest BCUT2D eigenvalue weighted by atomic mass is 16.3. The minimum atomic E-state index is -0.429. The van der Waals surface area contributed by atoms with Crippen molar-refractivity contribution < 1.29 is 19.8 Å². The fourth-order valence-corrected chi connectivity index (χ4v) is 6.16. The summed E-state index contributed by atoms with van der Waals surface area (Å²) in [6.45, 7) is 0. The number of rotatable bonds is 3. The summed E-state index contributed by atoms with van der Waals surface area (Å²) in [7, 11) is 0. The predicted molar refractivity (Wildman–Crippen MR) is 175 cm³/mol. The molecule has 0 radical (unpaired) electrons. The van der Waals surface area contributed by atoms with Gasteiger partial charge in [-0.1, -0.05) is 121 Å². The second kappa shape index (κ2) is 8.95. The van der Waals surface area contributed by atoms with Gasteiger partial charge in [0.15, 0.2) is 0 Å². The van der Waals surface area contributed by atoms with E-state index in [4.69, 9.17) is 19.8 Å². The van der Waals surface area contributed by atoms with Crippen LogP contribution in [0.3, 0.4) is 0 Å². The van der Waals surface area contributed by atoms with Gasteiger partial charge in [-0.2, -0.15) is 0 Å². The van der Waals surface area contributed by atoms with Gasteiger partial charge in [-0.05, 0) is 67.6 Å². The van der Waals surface area contributed by atoms with Crippen LogP contribution in [0.15, 0.2) is 154 Å². The summed E-state index contributed by atoms with van der Waals surface area (Å²) in [5.41, 5.74) is 5.55. The molecule has 0 fully saturated rings. The maximum atomic E-state index is 9.13. The maximum Gasteiger partial charge on any atom is 0.145 e. The van der Waals surface area contributed by atoms with Crippen LogP contribution in [0.5, 0.6) is 0 Å². The summed E-state index contributed by atoms with van der Waals surface area (Å²) in [6.07, 6.45) is 1.66. The third kappa shape index (κ3) is 3.33. The van der Waals surface area contributed by atoms with Gasteiger partial charge >= 0.3 is 0 Å². The highest BCUT2D eigenvalue weighted by Gasteiger charge is 2.18. The first-order chi connectivity index (χ1) is 24.2. The Hall–Kier alpha value is -5.60. The lowest BCUT2D eigenvalue weighted by Gasteiger charge is -2.18. The van der Waals surface area contributed by atoms with Gasteiger partial charge in [-0.25, -0.2) is 0 Å². The minimum Gasteiger partial charge on any atom is -0.464 e. The number of hydrogen-bond acceptors (Lipinski definition) is 2. The molecule has 7 aromatic carbocycles. The van der Waals surface area contributed by atoms with Gasteiger partial charge in [0.25, 0.3) is 0 Å². The Bertz CT molecular complexity index is 2810. The first kappa shape index (κ1) is 16.6. The lowest BCUT2D eigenvalue weighted by molar-refractivity contribution is 0.618. The molecule has 2 heteroatoms. The van der Waals surface area contributed by atoms with Crippen molar-refractivity contribution in [3.8, 4) is 33.4 Å². The van der Waals surface area contributed by atoms with Crippen LogP contribution in [0, 0.1) is 0 Å². The number of fused-ring (bicyclic) bond motifs is 7. The molecule has 0 unspecified atom stereocenters. The molecule has 0 aliphatic heterocycles. The van der Waals surface area contributed by atoms with Crippen molar-refractivity contribution in [2.75, 3.05) is 0 Å². The predicted octanol–water partition coefficient (Wildman–Crippen LogP) is 11.6. The summed E-state index contributed by atoms with van der Waals surface area (Å²) < 4.78 is 83.0. The van der Waals surface area contributed by atoms with Gasteiger partial charge in [0.1, 0.15) is 16.7 Å². The van der Waals surface area contributed by atoms with Gasteiger partial charge in [-0.3, -0.25) is 0 Å². The number of benzene rings is 7. The molecule has 0 saturated heterocycles. The molecule has 0 spiro atoms. The third-order valence-corrected chi connectivity index (χ3v) is 8.00. The van der Waals surface area contributed by atoms with E-state index in [2.05, 4.69) is 0 Å². The summed E-state index contributed by atoms with van der Waals surface area (Å²) >= 11 is 0. The molecule has 2 aromatic heterocycles. The highest BCUT2D eigenvalue weighted by Crippen LogP contribution is 2.44.